The summed E-state index contributed by atoms with van der Waals surface area (Å²) in [6.45, 7) is 0.970. The van der Waals surface area contributed by atoms with E-state index in [1.165, 1.54) is 0 Å². The summed E-state index contributed by atoms with van der Waals surface area (Å²) in [5.41, 5.74) is 1.94. The summed E-state index contributed by atoms with van der Waals surface area (Å²) in [6.07, 6.45) is 2.56. The smallest absolute Gasteiger partial charge is 0.256 e. The highest BCUT2D eigenvalue weighted by Gasteiger charge is 2.37. The highest BCUT2D eigenvalue weighted by Crippen LogP contribution is 2.37. The number of carbonyl (C=O) groups is 2. The van der Waals surface area contributed by atoms with Crippen LogP contribution in [0.1, 0.15) is 35.2 Å². The molecule has 0 unspecified atom stereocenters. The van der Waals surface area contributed by atoms with Gasteiger partial charge in [0.05, 0.1) is 18.4 Å². The molecular formula is C21H22N2O4. The lowest BCUT2D eigenvalue weighted by atomic mass is 10.0. The normalized spacial score (nSPS) is 18.9. The number of amides is 2. The molecule has 6 heteroatoms. The van der Waals surface area contributed by atoms with Crippen LogP contribution >= 0.6 is 0 Å². The van der Waals surface area contributed by atoms with Crippen molar-refractivity contribution in [3.8, 4) is 11.5 Å². The minimum Gasteiger partial charge on any atom is -0.493 e. The number of benzene rings is 2. The molecule has 0 bridgehead atoms. The quantitative estimate of drug-likeness (QED) is 0.902. The van der Waals surface area contributed by atoms with Crippen LogP contribution in [0.5, 0.6) is 11.5 Å². The first-order chi connectivity index (χ1) is 13.2. The number of nitrogens with zero attached hydrogens (tertiary/aromatic N) is 1. The van der Waals surface area contributed by atoms with Gasteiger partial charge in [-0.3, -0.25) is 9.59 Å². The molecule has 0 spiro atoms. The van der Waals surface area contributed by atoms with Gasteiger partial charge in [-0.2, -0.15) is 0 Å². The van der Waals surface area contributed by atoms with Crippen LogP contribution in [0.2, 0.25) is 0 Å². The molecule has 6 nitrogen and oxygen atoms in total. The molecule has 2 amide bonds. The number of piperidine rings is 1. The van der Waals surface area contributed by atoms with Crippen molar-refractivity contribution in [2.75, 3.05) is 19.0 Å². The van der Waals surface area contributed by atoms with Crippen molar-refractivity contribution in [1.29, 1.82) is 0 Å². The molecule has 4 rings (SSSR count). The Morgan fingerprint density at radius 1 is 1.11 bits per heavy atom. The first-order valence-corrected chi connectivity index (χ1v) is 9.18. The number of hydrogen-bond donors (Lipinski definition) is 1. The van der Waals surface area contributed by atoms with Crippen molar-refractivity contribution < 1.29 is 19.1 Å². The average molecular weight is 366 g/mol. The number of carbonyl (C=O) groups excluding carboxylic acids is 2. The molecule has 1 saturated heterocycles. The Morgan fingerprint density at radius 2 is 1.93 bits per heavy atom. The van der Waals surface area contributed by atoms with E-state index in [1.54, 1.807) is 24.1 Å². The van der Waals surface area contributed by atoms with E-state index >= 15 is 0 Å². The number of hydrogen-bond acceptors (Lipinski definition) is 4. The Kier molecular flexibility index (Phi) is 4.71. The van der Waals surface area contributed by atoms with Gasteiger partial charge in [-0.15, -0.1) is 0 Å². The van der Waals surface area contributed by atoms with E-state index < -0.39 is 6.04 Å². The summed E-state index contributed by atoms with van der Waals surface area (Å²) < 4.78 is 11.4. The van der Waals surface area contributed by atoms with E-state index in [0.717, 1.165) is 18.4 Å². The van der Waals surface area contributed by atoms with Gasteiger partial charge in [-0.05, 0) is 30.9 Å². The molecule has 2 aromatic carbocycles. The Bertz CT molecular complexity index is 866. The van der Waals surface area contributed by atoms with E-state index in [4.69, 9.17) is 9.47 Å². The summed E-state index contributed by atoms with van der Waals surface area (Å²) in [5, 5.41) is 2.90. The monoisotopic (exact) mass is 366 g/mol. The largest absolute Gasteiger partial charge is 0.493 e. The lowest BCUT2D eigenvalue weighted by Gasteiger charge is -2.32. The zero-order valence-corrected chi connectivity index (χ0v) is 15.2. The molecule has 0 saturated carbocycles. The van der Waals surface area contributed by atoms with Crippen LogP contribution in [0, 0.1) is 0 Å². The second kappa shape index (κ2) is 7.31. The number of nitrogens with one attached hydrogen (secondary N) is 1. The third kappa shape index (κ3) is 3.35. The van der Waals surface area contributed by atoms with Gasteiger partial charge in [-0.25, -0.2) is 0 Å². The van der Waals surface area contributed by atoms with Crippen LogP contribution in [-0.4, -0.2) is 36.4 Å². The summed E-state index contributed by atoms with van der Waals surface area (Å²) >= 11 is 0. The number of rotatable bonds is 4. The van der Waals surface area contributed by atoms with Crippen LogP contribution in [0.3, 0.4) is 0 Å². The lowest BCUT2D eigenvalue weighted by Crippen LogP contribution is -2.47. The maximum Gasteiger partial charge on any atom is 0.256 e. The summed E-state index contributed by atoms with van der Waals surface area (Å²) in [4.78, 5) is 27.3. The van der Waals surface area contributed by atoms with E-state index in [-0.39, 0.29) is 11.8 Å². The summed E-state index contributed by atoms with van der Waals surface area (Å²) in [5.74, 6) is 0.692. The second-order valence-electron chi connectivity index (χ2n) is 6.82. The zero-order valence-electron chi connectivity index (χ0n) is 15.2. The first kappa shape index (κ1) is 17.4. The maximum absolute atomic E-state index is 13.0. The van der Waals surface area contributed by atoms with Crippen molar-refractivity contribution in [3.63, 3.8) is 0 Å². The first-order valence-electron chi connectivity index (χ1n) is 9.18. The van der Waals surface area contributed by atoms with Crippen LogP contribution < -0.4 is 14.8 Å². The predicted molar refractivity (Wildman–Crippen MR) is 101 cm³/mol. The third-order valence-electron chi connectivity index (χ3n) is 5.10. The molecule has 0 radical (unpaired) electrons. The number of fused-ring (bicyclic) bond motifs is 2. The van der Waals surface area contributed by atoms with Gasteiger partial charge >= 0.3 is 0 Å². The molecule has 27 heavy (non-hydrogen) atoms. The number of methoxy groups -OCH3 is 1. The molecule has 2 aliphatic rings. The zero-order chi connectivity index (χ0) is 18.8. The van der Waals surface area contributed by atoms with Crippen molar-refractivity contribution in [2.45, 2.75) is 31.9 Å². The van der Waals surface area contributed by atoms with Crippen molar-refractivity contribution >= 4 is 17.5 Å². The van der Waals surface area contributed by atoms with Gasteiger partial charge < -0.3 is 19.7 Å². The van der Waals surface area contributed by atoms with Crippen molar-refractivity contribution in [1.82, 2.24) is 4.90 Å². The van der Waals surface area contributed by atoms with E-state index in [0.29, 0.717) is 42.3 Å². The van der Waals surface area contributed by atoms with E-state index in [1.807, 2.05) is 30.3 Å². The topological polar surface area (TPSA) is 67.9 Å². The minimum absolute atomic E-state index is 0.138. The van der Waals surface area contributed by atoms with Gasteiger partial charge in [0.1, 0.15) is 12.6 Å². The van der Waals surface area contributed by atoms with Crippen molar-refractivity contribution in [3.05, 3.63) is 53.6 Å². The molecule has 2 aliphatic heterocycles. The Balaban J connectivity index is 1.66. The fourth-order valence-corrected chi connectivity index (χ4v) is 3.67. The van der Waals surface area contributed by atoms with Gasteiger partial charge in [0.2, 0.25) is 5.91 Å². The second-order valence-corrected chi connectivity index (χ2v) is 6.82. The SMILES string of the molecule is COc1cc2c(cc1OCc1ccccc1)NC(=O)[C@@H]1CCCCN1C2=O. The highest BCUT2D eigenvalue weighted by atomic mass is 16.5. The van der Waals surface area contributed by atoms with Crippen LogP contribution in [-0.2, 0) is 11.4 Å². The van der Waals surface area contributed by atoms with Gasteiger partial charge in [-0.1, -0.05) is 30.3 Å². The average Bonchev–Trinajstić information content (AvgIpc) is 2.81. The molecule has 0 aliphatic carbocycles. The maximum atomic E-state index is 13.0. The molecule has 0 aromatic heterocycles. The number of anilines is 1. The molecule has 140 valence electrons. The van der Waals surface area contributed by atoms with Crippen molar-refractivity contribution in [2.24, 2.45) is 0 Å². The fourth-order valence-electron chi connectivity index (χ4n) is 3.67. The van der Waals surface area contributed by atoms with E-state index in [9.17, 15) is 9.59 Å². The summed E-state index contributed by atoms with van der Waals surface area (Å²) in [7, 11) is 1.54. The Labute approximate surface area is 158 Å². The molecule has 1 fully saturated rings. The highest BCUT2D eigenvalue weighted by molar-refractivity contribution is 6.10. The minimum atomic E-state index is -0.404. The summed E-state index contributed by atoms with van der Waals surface area (Å²) in [6, 6.07) is 12.7. The number of ether oxygens (including phenoxy) is 2. The fraction of sp³-hybridized carbons (Fsp3) is 0.333. The molecule has 2 heterocycles. The van der Waals surface area contributed by atoms with Crippen LogP contribution in [0.25, 0.3) is 0 Å². The predicted octanol–water partition coefficient (Wildman–Crippen LogP) is 3.22. The molecule has 1 atom stereocenters. The molecule has 2 aromatic rings. The standard InChI is InChI=1S/C21H22N2O4/c1-26-18-11-15-16(12-19(18)27-13-14-7-3-2-4-8-14)22-20(24)17-9-5-6-10-23(17)21(15)25/h2-4,7-8,11-12,17H,5-6,9-10,13H2,1H3,(H,22,24)/t17-/m0/s1. The van der Waals surface area contributed by atoms with Gasteiger partial charge in [0, 0.05) is 12.6 Å². The lowest BCUT2D eigenvalue weighted by molar-refractivity contribution is -0.121. The third-order valence-corrected chi connectivity index (χ3v) is 5.10. The Morgan fingerprint density at radius 3 is 2.70 bits per heavy atom. The van der Waals surface area contributed by atoms with E-state index in [2.05, 4.69) is 5.32 Å². The van der Waals surface area contributed by atoms with Gasteiger partial charge in [0.25, 0.3) is 5.91 Å². The molecular weight excluding hydrogens is 344 g/mol. The van der Waals surface area contributed by atoms with Crippen LogP contribution in [0.15, 0.2) is 42.5 Å². The molecule has 1 N–H and O–H groups in total. The van der Waals surface area contributed by atoms with Crippen LogP contribution in [0.4, 0.5) is 5.69 Å². The Hall–Kier alpha value is -3.02. The van der Waals surface area contributed by atoms with Gasteiger partial charge in [0.15, 0.2) is 11.5 Å².